The molecule has 0 nitrogen and oxygen atoms in total. The molecule has 0 unspecified atom stereocenters. The van der Waals surface area contributed by atoms with Crippen molar-refractivity contribution in [2.24, 2.45) is 0 Å². The largest absolute Gasteiger partial charge is 0.175 e. The predicted molar refractivity (Wildman–Crippen MR) is 123 cm³/mol. The summed E-state index contributed by atoms with van der Waals surface area (Å²) in [4.78, 5) is 0. The summed E-state index contributed by atoms with van der Waals surface area (Å²) >= 11 is 13.7. The summed E-state index contributed by atoms with van der Waals surface area (Å²) < 4.78 is 0. The van der Waals surface area contributed by atoms with E-state index in [-0.39, 0.29) is 0 Å². The molecule has 0 N–H and O–H groups in total. The maximum Gasteiger partial charge on any atom is 0.0160 e. The van der Waals surface area contributed by atoms with E-state index in [1.54, 1.807) is 0 Å². The topological polar surface area (TPSA) is 0 Å². The van der Waals surface area contributed by atoms with E-state index in [9.17, 15) is 0 Å². The van der Waals surface area contributed by atoms with E-state index >= 15 is 0 Å². The normalized spacial score (nSPS) is 11.0. The van der Waals surface area contributed by atoms with Crippen LogP contribution in [0.1, 0.15) is 16.7 Å². The lowest BCUT2D eigenvalue weighted by atomic mass is 10.2. The first-order valence-electron chi connectivity index (χ1n) is 8.16. The summed E-state index contributed by atoms with van der Waals surface area (Å²) in [5.41, 5.74) is 3.87. The van der Waals surface area contributed by atoms with Crippen LogP contribution in [-0.2, 0) is 17.3 Å². The third-order valence-corrected chi connectivity index (χ3v) is 7.98. The quantitative estimate of drug-likeness (QED) is 0.387. The van der Waals surface area contributed by atoms with E-state index in [1.807, 2.05) is 0 Å². The molecule has 0 aliphatic heterocycles. The van der Waals surface area contributed by atoms with E-state index < -0.39 is 7.92 Å². The molecular weight excluding hydrogens is 379 g/mol. The van der Waals surface area contributed by atoms with Crippen LogP contribution < -0.4 is 15.9 Å². The predicted octanol–water partition coefficient (Wildman–Crippen LogP) is 4.73. The number of hydrogen-bond donors (Lipinski definition) is 3. The van der Waals surface area contributed by atoms with Crippen LogP contribution in [0.3, 0.4) is 0 Å². The third-order valence-electron chi connectivity index (χ3n) is 4.21. The molecule has 0 spiro atoms. The molecule has 3 aromatic rings. The summed E-state index contributed by atoms with van der Waals surface area (Å²) in [5, 5.41) is 4.11. The van der Waals surface area contributed by atoms with Gasteiger partial charge in [-0.25, -0.2) is 0 Å². The van der Waals surface area contributed by atoms with Gasteiger partial charge in [-0.15, -0.1) is 0 Å². The van der Waals surface area contributed by atoms with Gasteiger partial charge in [-0.05, 0) is 40.5 Å². The molecule has 0 heterocycles. The van der Waals surface area contributed by atoms with Gasteiger partial charge in [0.1, 0.15) is 0 Å². The lowest BCUT2D eigenvalue weighted by molar-refractivity contribution is 1.44. The van der Waals surface area contributed by atoms with Crippen LogP contribution in [0.15, 0.2) is 72.8 Å². The van der Waals surface area contributed by atoms with Crippen molar-refractivity contribution >= 4 is 61.7 Å². The fourth-order valence-corrected chi connectivity index (χ4v) is 6.99. The Balaban J connectivity index is 2.29. The molecule has 128 valence electrons. The molecule has 4 heteroatoms. The third kappa shape index (κ3) is 4.11. The zero-order chi connectivity index (χ0) is 17.6. The summed E-state index contributed by atoms with van der Waals surface area (Å²) in [6.45, 7) is 0. The zero-order valence-electron chi connectivity index (χ0n) is 13.8. The second-order valence-electron chi connectivity index (χ2n) is 5.70. The van der Waals surface area contributed by atoms with Crippen molar-refractivity contribution in [3.63, 3.8) is 0 Å². The lowest BCUT2D eigenvalue weighted by Crippen LogP contribution is -2.26. The second-order valence-corrected chi connectivity index (χ2v) is 8.76. The molecule has 0 aliphatic carbocycles. The van der Waals surface area contributed by atoms with Gasteiger partial charge in [0.05, 0.1) is 0 Å². The number of rotatable bonds is 6. The molecule has 25 heavy (non-hydrogen) atoms. The molecule has 0 atom stereocenters. The molecule has 0 radical (unpaired) electrons. The monoisotopic (exact) mass is 400 g/mol. The van der Waals surface area contributed by atoms with Crippen LogP contribution in [0.25, 0.3) is 0 Å². The van der Waals surface area contributed by atoms with Crippen molar-refractivity contribution in [1.82, 2.24) is 0 Å². The van der Waals surface area contributed by atoms with Crippen LogP contribution in [0.2, 0.25) is 0 Å². The molecule has 0 aromatic heterocycles. The highest BCUT2D eigenvalue weighted by molar-refractivity contribution is 7.82. The Morgan fingerprint density at radius 3 is 1.04 bits per heavy atom. The maximum absolute atomic E-state index is 4.58. The van der Waals surface area contributed by atoms with Gasteiger partial charge in [0.25, 0.3) is 0 Å². The molecule has 0 fully saturated rings. The molecule has 0 saturated carbocycles. The Labute approximate surface area is 168 Å². The van der Waals surface area contributed by atoms with Gasteiger partial charge in [0, 0.05) is 17.3 Å². The van der Waals surface area contributed by atoms with Gasteiger partial charge < -0.3 is 0 Å². The fourth-order valence-electron chi connectivity index (χ4n) is 2.98. The molecule has 3 aromatic carbocycles. The summed E-state index contributed by atoms with van der Waals surface area (Å²) in [5.74, 6) is 2.21. The molecular formula is C21H21PS3. The molecule has 0 aliphatic rings. The minimum absolute atomic E-state index is 0.673. The lowest BCUT2D eigenvalue weighted by Gasteiger charge is -2.25. The Morgan fingerprint density at radius 2 is 0.760 bits per heavy atom. The van der Waals surface area contributed by atoms with Gasteiger partial charge in [0.15, 0.2) is 0 Å². The number of hydrogen-bond acceptors (Lipinski definition) is 3. The van der Waals surface area contributed by atoms with Gasteiger partial charge in [0.2, 0.25) is 0 Å². The van der Waals surface area contributed by atoms with Gasteiger partial charge in [-0.2, -0.15) is 37.9 Å². The van der Waals surface area contributed by atoms with Crippen molar-refractivity contribution in [1.29, 1.82) is 0 Å². The average molecular weight is 401 g/mol. The van der Waals surface area contributed by atoms with Crippen LogP contribution in [0.5, 0.6) is 0 Å². The highest BCUT2D eigenvalue weighted by Gasteiger charge is 2.23. The fraction of sp³-hybridized carbons (Fsp3) is 0.143. The molecule has 3 rings (SSSR count). The number of benzene rings is 3. The highest BCUT2D eigenvalue weighted by Crippen LogP contribution is 2.37. The van der Waals surface area contributed by atoms with E-state index in [0.717, 1.165) is 17.3 Å². The van der Waals surface area contributed by atoms with E-state index in [2.05, 4.69) is 111 Å². The van der Waals surface area contributed by atoms with E-state index in [0.29, 0.717) is 0 Å². The smallest absolute Gasteiger partial charge is 0.0160 e. The average Bonchev–Trinajstić information content (AvgIpc) is 2.69. The number of thiol groups is 3. The summed E-state index contributed by atoms with van der Waals surface area (Å²) in [7, 11) is -0.673. The maximum atomic E-state index is 4.58. The second kappa shape index (κ2) is 9.19. The van der Waals surface area contributed by atoms with Crippen molar-refractivity contribution in [2.45, 2.75) is 17.3 Å². The summed E-state index contributed by atoms with van der Waals surface area (Å²) in [6, 6.07) is 26.0. The van der Waals surface area contributed by atoms with Crippen LogP contribution >= 0.6 is 45.8 Å². The van der Waals surface area contributed by atoms with Gasteiger partial charge in [-0.1, -0.05) is 72.8 Å². The van der Waals surface area contributed by atoms with Gasteiger partial charge >= 0.3 is 0 Å². The molecule has 0 amide bonds. The first kappa shape index (κ1) is 18.9. The standard InChI is InChI=1S/C21H21PS3/c23-13-16-7-1-4-10-19(16)22(20-11-5-2-8-17(20)14-24)21-12-6-3-9-18(21)15-25/h1-12,23-25H,13-15H2. The van der Waals surface area contributed by atoms with Crippen molar-refractivity contribution < 1.29 is 0 Å². The van der Waals surface area contributed by atoms with E-state index in [4.69, 9.17) is 0 Å². The Kier molecular flexibility index (Phi) is 6.95. The summed E-state index contributed by atoms with van der Waals surface area (Å²) in [6.07, 6.45) is 0. The van der Waals surface area contributed by atoms with Crippen LogP contribution in [0.4, 0.5) is 0 Å². The zero-order valence-corrected chi connectivity index (χ0v) is 17.4. The molecule has 0 saturated heterocycles. The van der Waals surface area contributed by atoms with Crippen molar-refractivity contribution in [2.75, 3.05) is 0 Å². The van der Waals surface area contributed by atoms with E-state index in [1.165, 1.54) is 32.6 Å². The Hall–Kier alpha value is -0.860. The highest BCUT2D eigenvalue weighted by atomic mass is 32.1. The van der Waals surface area contributed by atoms with Crippen molar-refractivity contribution in [3.05, 3.63) is 89.5 Å². The first-order chi connectivity index (χ1) is 12.3. The minimum Gasteiger partial charge on any atom is -0.175 e. The Bertz CT molecular complexity index is 735. The van der Waals surface area contributed by atoms with Gasteiger partial charge in [-0.3, -0.25) is 0 Å². The SMILES string of the molecule is SCc1ccccc1P(c1ccccc1CS)c1ccccc1CS. The van der Waals surface area contributed by atoms with Crippen molar-refractivity contribution in [3.8, 4) is 0 Å². The van der Waals surface area contributed by atoms with Crippen LogP contribution in [-0.4, -0.2) is 0 Å². The minimum atomic E-state index is -0.673. The molecule has 0 bridgehead atoms. The van der Waals surface area contributed by atoms with Crippen LogP contribution in [0, 0.1) is 0 Å². The first-order valence-corrected chi connectivity index (χ1v) is 11.4. The Morgan fingerprint density at radius 1 is 0.480 bits per heavy atom.